The molecule has 4 aromatic heterocycles. The molecule has 18 aromatic rings. The van der Waals surface area contributed by atoms with E-state index in [0.29, 0.717) is 46.6 Å². The predicted octanol–water partition coefficient (Wildman–Crippen LogP) is 24.0. The Morgan fingerprint density at radius 1 is 0.0926 bits per heavy atom. The van der Waals surface area contributed by atoms with Gasteiger partial charge in [-0.05, 0) is 74.8 Å². The summed E-state index contributed by atoms with van der Waals surface area (Å²) in [5.74, 6) is 5.18. The zero-order valence-corrected chi connectivity index (χ0v) is 58.6. The van der Waals surface area contributed by atoms with Gasteiger partial charge in [-0.3, -0.25) is 0 Å². The molecular formula is C98H66N10. The molecule has 0 fully saturated rings. The fourth-order valence-corrected chi connectivity index (χ4v) is 13.1. The number of hydrogen-bond donors (Lipinski definition) is 0. The number of rotatable bonds is 16. The SMILES string of the molecule is c1ccc(-c2ccc(-c3cc(-c4ccc(-c5cccc(-c6nc(-c7ccccc7)nc(-c7ccccc7)n6)c5)cc4)nc(-c4ccccc4)n3)cc2)cc1.c1ccc(-c2cccc(-c3cc(-c4ccc(-c5cccc(-c6nc(-c7ccccc7)nc(-c7ccccc7)n6)c5)cc4)nc(-c4ccccc4)n3)c2)cc1. The lowest BCUT2D eigenvalue weighted by molar-refractivity contribution is 1.07. The van der Waals surface area contributed by atoms with Crippen molar-refractivity contribution in [2.75, 3.05) is 0 Å². The van der Waals surface area contributed by atoms with Crippen LogP contribution < -0.4 is 0 Å². The second-order valence-electron chi connectivity index (χ2n) is 25.9. The van der Waals surface area contributed by atoms with E-state index in [0.717, 1.165) is 117 Å². The average Bonchev–Trinajstić information content (AvgIpc) is 1.28. The van der Waals surface area contributed by atoms with Crippen molar-refractivity contribution in [3.63, 3.8) is 0 Å². The molecule has 0 aliphatic rings. The third kappa shape index (κ3) is 15.2. The fraction of sp³-hybridized carbons (Fsp3) is 0. The van der Waals surface area contributed by atoms with Crippen molar-refractivity contribution in [3.05, 3.63) is 400 Å². The van der Waals surface area contributed by atoms with Crippen LogP contribution in [0.3, 0.4) is 0 Å². The van der Waals surface area contributed by atoms with Crippen LogP contribution in [0.1, 0.15) is 0 Å². The Bertz CT molecular complexity index is 5990. The number of aromatic nitrogens is 10. The summed E-state index contributed by atoms with van der Waals surface area (Å²) in [7, 11) is 0. The van der Waals surface area contributed by atoms with Gasteiger partial charge in [0, 0.05) is 66.8 Å². The summed E-state index contributed by atoms with van der Waals surface area (Å²) in [6.45, 7) is 0. The summed E-state index contributed by atoms with van der Waals surface area (Å²) < 4.78 is 0. The first-order chi connectivity index (χ1) is 53.5. The van der Waals surface area contributed by atoms with Crippen LogP contribution in [0.15, 0.2) is 400 Å². The number of nitrogens with zero attached hydrogens (tertiary/aromatic N) is 10. The Labute approximate surface area is 627 Å². The predicted molar refractivity (Wildman–Crippen MR) is 438 cm³/mol. The van der Waals surface area contributed by atoms with Crippen molar-refractivity contribution < 1.29 is 0 Å². The molecule has 0 saturated carbocycles. The lowest BCUT2D eigenvalue weighted by Crippen LogP contribution is -2.00. The summed E-state index contributed by atoms with van der Waals surface area (Å²) >= 11 is 0. The third-order valence-corrected chi connectivity index (χ3v) is 18.7. The molecule has 0 aliphatic carbocycles. The van der Waals surface area contributed by atoms with Gasteiger partial charge >= 0.3 is 0 Å². The maximum Gasteiger partial charge on any atom is 0.164 e. The Hall–Kier alpha value is -14.7. The van der Waals surface area contributed by atoms with Gasteiger partial charge in [0.05, 0.1) is 22.8 Å². The van der Waals surface area contributed by atoms with Gasteiger partial charge in [-0.1, -0.05) is 370 Å². The molecule has 18 rings (SSSR count). The van der Waals surface area contributed by atoms with Gasteiger partial charge in [0.25, 0.3) is 0 Å². The first kappa shape index (κ1) is 66.5. The first-order valence-electron chi connectivity index (χ1n) is 35.8. The van der Waals surface area contributed by atoms with Gasteiger partial charge < -0.3 is 0 Å². The van der Waals surface area contributed by atoms with Crippen LogP contribution in [0, 0.1) is 0 Å². The molecule has 0 amide bonds. The van der Waals surface area contributed by atoms with Crippen LogP contribution >= 0.6 is 0 Å². The summed E-state index contributed by atoms with van der Waals surface area (Å²) in [5, 5.41) is 0. The highest BCUT2D eigenvalue weighted by Crippen LogP contribution is 2.37. The van der Waals surface area contributed by atoms with Crippen LogP contribution in [0.4, 0.5) is 0 Å². The number of benzene rings is 14. The molecule has 0 N–H and O–H groups in total. The molecule has 10 nitrogen and oxygen atoms in total. The third-order valence-electron chi connectivity index (χ3n) is 18.7. The zero-order valence-electron chi connectivity index (χ0n) is 58.6. The largest absolute Gasteiger partial charge is 0.228 e. The molecule has 10 heteroatoms. The van der Waals surface area contributed by atoms with Crippen molar-refractivity contribution in [2.45, 2.75) is 0 Å². The molecule has 508 valence electrons. The Morgan fingerprint density at radius 3 is 0.519 bits per heavy atom. The monoisotopic (exact) mass is 1380 g/mol. The maximum atomic E-state index is 5.07. The van der Waals surface area contributed by atoms with E-state index >= 15 is 0 Å². The Morgan fingerprint density at radius 2 is 0.250 bits per heavy atom. The molecule has 0 aliphatic heterocycles. The van der Waals surface area contributed by atoms with Crippen LogP contribution in [-0.2, 0) is 0 Å². The highest BCUT2D eigenvalue weighted by molar-refractivity contribution is 5.81. The normalized spacial score (nSPS) is 11.0. The van der Waals surface area contributed by atoms with Gasteiger partial charge in [-0.15, -0.1) is 0 Å². The van der Waals surface area contributed by atoms with Crippen molar-refractivity contribution in [3.8, 4) is 181 Å². The highest BCUT2D eigenvalue weighted by atomic mass is 15.0. The minimum Gasteiger partial charge on any atom is -0.228 e. The van der Waals surface area contributed by atoms with E-state index in [1.165, 1.54) is 16.7 Å². The van der Waals surface area contributed by atoms with E-state index in [4.69, 9.17) is 49.8 Å². The van der Waals surface area contributed by atoms with E-state index in [2.05, 4.69) is 231 Å². The van der Waals surface area contributed by atoms with E-state index in [-0.39, 0.29) is 0 Å². The zero-order chi connectivity index (χ0) is 72.2. The topological polar surface area (TPSA) is 129 Å². The summed E-state index contributed by atoms with van der Waals surface area (Å²) in [4.78, 5) is 49.7. The Balaban J connectivity index is 0.000000158. The second kappa shape index (κ2) is 31.1. The van der Waals surface area contributed by atoms with Gasteiger partial charge in [0.1, 0.15) is 0 Å². The lowest BCUT2D eigenvalue weighted by atomic mass is 9.99. The van der Waals surface area contributed by atoms with E-state index in [1.807, 2.05) is 170 Å². The molecule has 0 bridgehead atoms. The van der Waals surface area contributed by atoms with Crippen molar-refractivity contribution >= 4 is 0 Å². The van der Waals surface area contributed by atoms with Crippen LogP contribution in [0.5, 0.6) is 0 Å². The van der Waals surface area contributed by atoms with Gasteiger partial charge in [0.2, 0.25) is 0 Å². The summed E-state index contributed by atoms with van der Waals surface area (Å²) in [6.07, 6.45) is 0. The highest BCUT2D eigenvalue weighted by Gasteiger charge is 2.19. The molecular weight excluding hydrogens is 1320 g/mol. The maximum absolute atomic E-state index is 5.07. The fourth-order valence-electron chi connectivity index (χ4n) is 13.1. The van der Waals surface area contributed by atoms with Gasteiger partial charge in [0.15, 0.2) is 46.6 Å². The van der Waals surface area contributed by atoms with Crippen molar-refractivity contribution in [1.29, 1.82) is 0 Å². The van der Waals surface area contributed by atoms with Gasteiger partial charge in [-0.2, -0.15) is 0 Å². The molecule has 0 unspecified atom stereocenters. The molecule has 0 atom stereocenters. The minimum atomic E-state index is 0.625. The molecule has 4 heterocycles. The van der Waals surface area contributed by atoms with Crippen LogP contribution in [0.25, 0.3) is 181 Å². The quantitative estimate of drug-likeness (QED) is 0.0922. The molecule has 0 radical (unpaired) electrons. The van der Waals surface area contributed by atoms with Gasteiger partial charge in [-0.25, -0.2) is 49.8 Å². The summed E-state index contributed by atoms with van der Waals surface area (Å²) in [5.41, 5.74) is 24.0. The number of hydrogen-bond acceptors (Lipinski definition) is 10. The molecule has 0 saturated heterocycles. The lowest BCUT2D eigenvalue weighted by Gasteiger charge is -2.12. The minimum absolute atomic E-state index is 0.625. The van der Waals surface area contributed by atoms with E-state index in [1.54, 1.807) is 0 Å². The van der Waals surface area contributed by atoms with Crippen molar-refractivity contribution in [2.24, 2.45) is 0 Å². The standard InChI is InChI=1S/2C49H33N5/c1-5-15-34(16-6-1)40-23-13-25-42(31-40)45-33-44(50-46(51-45)37-17-7-2-8-18-37)36-29-27-35(28-30-36)41-24-14-26-43(32-41)49-53-47(38-19-9-3-10-20-38)52-48(54-49)39-21-11-4-12-22-39;1-5-14-34(15-6-1)35-24-28-37(29-25-35)44-33-45(51-46(50-44)39-16-7-2-8-17-39)38-30-26-36(27-31-38)42-22-13-23-43(32-42)49-53-47(40-18-9-3-10-19-40)52-48(54-49)41-20-11-4-12-21-41/h2*1-33H. The first-order valence-corrected chi connectivity index (χ1v) is 35.8. The van der Waals surface area contributed by atoms with Crippen LogP contribution in [-0.4, -0.2) is 49.8 Å². The van der Waals surface area contributed by atoms with E-state index in [9.17, 15) is 0 Å². The van der Waals surface area contributed by atoms with E-state index < -0.39 is 0 Å². The molecule has 0 spiro atoms. The van der Waals surface area contributed by atoms with Crippen molar-refractivity contribution in [1.82, 2.24) is 49.8 Å². The average molecular weight is 1380 g/mol. The second-order valence-corrected chi connectivity index (χ2v) is 25.9. The Kier molecular flexibility index (Phi) is 19.1. The van der Waals surface area contributed by atoms with Crippen LogP contribution in [0.2, 0.25) is 0 Å². The molecule has 108 heavy (non-hydrogen) atoms. The summed E-state index contributed by atoms with van der Waals surface area (Å²) in [6, 6.07) is 136. The smallest absolute Gasteiger partial charge is 0.164 e. The molecule has 14 aromatic carbocycles.